The molecule has 3 fully saturated rings. The van der Waals surface area contributed by atoms with Crippen LogP contribution in [0.2, 0.25) is 0 Å². The minimum absolute atomic E-state index is 0.448. The van der Waals surface area contributed by atoms with Gasteiger partial charge >= 0.3 is 0 Å². The number of likely N-dealkylation sites (N-methyl/N-ethyl adjacent to an activating group) is 1. The first-order valence-corrected chi connectivity index (χ1v) is 9.30. The van der Waals surface area contributed by atoms with Gasteiger partial charge in [-0.25, -0.2) is 0 Å². The van der Waals surface area contributed by atoms with E-state index in [2.05, 4.69) is 35.9 Å². The Hall–Kier alpha value is -0.120. The zero-order valence-electron chi connectivity index (χ0n) is 14.4. The second-order valence-corrected chi connectivity index (χ2v) is 8.26. The third-order valence-electron chi connectivity index (χ3n) is 6.06. The maximum Gasteiger partial charge on any atom is 0.0274 e. The molecule has 0 aromatic rings. The molecule has 3 aliphatic rings. The van der Waals surface area contributed by atoms with Gasteiger partial charge in [0, 0.05) is 44.8 Å². The quantitative estimate of drug-likeness (QED) is 0.840. The van der Waals surface area contributed by atoms with Crippen LogP contribution < -0.4 is 5.32 Å². The molecule has 3 nitrogen and oxygen atoms in total. The summed E-state index contributed by atoms with van der Waals surface area (Å²) in [5, 5.41) is 3.82. The van der Waals surface area contributed by atoms with E-state index in [0.29, 0.717) is 11.5 Å². The van der Waals surface area contributed by atoms with Crippen molar-refractivity contribution in [2.75, 3.05) is 39.3 Å². The van der Waals surface area contributed by atoms with Crippen LogP contribution in [0.15, 0.2) is 0 Å². The summed E-state index contributed by atoms with van der Waals surface area (Å²) in [6, 6.07) is 1.43. The average molecular weight is 293 g/mol. The van der Waals surface area contributed by atoms with Crippen molar-refractivity contribution in [2.45, 2.75) is 65.0 Å². The van der Waals surface area contributed by atoms with Crippen molar-refractivity contribution in [3.8, 4) is 0 Å². The highest BCUT2D eigenvalue weighted by atomic mass is 15.3. The molecular formula is C18H35N3. The van der Waals surface area contributed by atoms with E-state index in [4.69, 9.17) is 0 Å². The molecule has 1 heterocycles. The van der Waals surface area contributed by atoms with E-state index in [1.54, 1.807) is 0 Å². The Bertz CT molecular complexity index is 329. The predicted molar refractivity (Wildman–Crippen MR) is 89.6 cm³/mol. The maximum atomic E-state index is 3.82. The molecule has 0 aromatic carbocycles. The van der Waals surface area contributed by atoms with Gasteiger partial charge in [0.2, 0.25) is 0 Å². The number of nitrogens with one attached hydrogen (secondary N) is 1. The summed E-state index contributed by atoms with van der Waals surface area (Å²) in [6.07, 6.45) is 7.15. The van der Waals surface area contributed by atoms with Gasteiger partial charge in [-0.1, -0.05) is 27.2 Å². The van der Waals surface area contributed by atoms with Gasteiger partial charge in [0.05, 0.1) is 0 Å². The lowest BCUT2D eigenvalue weighted by Gasteiger charge is -2.50. The minimum Gasteiger partial charge on any atom is -0.312 e. The van der Waals surface area contributed by atoms with E-state index in [1.807, 2.05) is 0 Å². The number of rotatable bonds is 5. The lowest BCUT2D eigenvalue weighted by atomic mass is 9.70. The van der Waals surface area contributed by atoms with Crippen molar-refractivity contribution in [1.29, 1.82) is 0 Å². The van der Waals surface area contributed by atoms with Crippen LogP contribution in [0.25, 0.3) is 0 Å². The van der Waals surface area contributed by atoms with Crippen LogP contribution in [-0.2, 0) is 0 Å². The molecule has 0 aromatic heterocycles. The highest BCUT2D eigenvalue weighted by Gasteiger charge is 2.41. The van der Waals surface area contributed by atoms with Gasteiger partial charge in [0.25, 0.3) is 0 Å². The minimum atomic E-state index is 0.448. The highest BCUT2D eigenvalue weighted by molar-refractivity contribution is 4.99. The molecule has 2 atom stereocenters. The Kier molecular flexibility index (Phi) is 4.92. The number of hydrogen-bond acceptors (Lipinski definition) is 3. The van der Waals surface area contributed by atoms with Crippen molar-refractivity contribution in [3.63, 3.8) is 0 Å². The van der Waals surface area contributed by atoms with Crippen LogP contribution in [0.1, 0.15) is 52.9 Å². The molecule has 2 saturated carbocycles. The van der Waals surface area contributed by atoms with Crippen molar-refractivity contribution < 1.29 is 0 Å². The van der Waals surface area contributed by atoms with Crippen LogP contribution in [0.5, 0.6) is 0 Å². The van der Waals surface area contributed by atoms with Crippen molar-refractivity contribution in [3.05, 3.63) is 0 Å². The van der Waals surface area contributed by atoms with E-state index < -0.39 is 0 Å². The van der Waals surface area contributed by atoms with E-state index >= 15 is 0 Å². The predicted octanol–water partition coefficient (Wildman–Crippen LogP) is 2.57. The molecule has 2 unspecified atom stereocenters. The zero-order valence-corrected chi connectivity index (χ0v) is 14.4. The molecule has 3 rings (SSSR count). The first kappa shape index (κ1) is 15.8. The number of hydrogen-bond donors (Lipinski definition) is 1. The Morgan fingerprint density at radius 1 is 1.05 bits per heavy atom. The third-order valence-corrected chi connectivity index (χ3v) is 6.06. The van der Waals surface area contributed by atoms with Crippen LogP contribution >= 0.6 is 0 Å². The SMILES string of the molecule is CCNC1C(N2CCN(CC3CC3)CC2)CCCC1(C)C. The van der Waals surface area contributed by atoms with Gasteiger partial charge < -0.3 is 10.2 Å². The van der Waals surface area contributed by atoms with Gasteiger partial charge in [-0.3, -0.25) is 4.90 Å². The molecule has 0 amide bonds. The lowest BCUT2D eigenvalue weighted by molar-refractivity contribution is 0.0180. The van der Waals surface area contributed by atoms with Crippen molar-refractivity contribution in [2.24, 2.45) is 11.3 Å². The Morgan fingerprint density at radius 2 is 1.76 bits per heavy atom. The molecule has 2 aliphatic carbocycles. The topological polar surface area (TPSA) is 18.5 Å². The standard InChI is InChI=1S/C18H35N3/c1-4-19-17-16(6-5-9-18(17,2)3)21-12-10-20(11-13-21)14-15-7-8-15/h15-17,19H,4-14H2,1-3H3. The normalized spacial score (nSPS) is 35.0. The van der Waals surface area contributed by atoms with Crippen LogP contribution in [-0.4, -0.2) is 61.2 Å². The van der Waals surface area contributed by atoms with Gasteiger partial charge in [-0.05, 0) is 43.6 Å². The summed E-state index contributed by atoms with van der Waals surface area (Å²) < 4.78 is 0. The fraction of sp³-hybridized carbons (Fsp3) is 1.00. The second-order valence-electron chi connectivity index (χ2n) is 8.26. The molecule has 0 spiro atoms. The molecule has 122 valence electrons. The molecule has 1 aliphatic heterocycles. The van der Waals surface area contributed by atoms with Gasteiger partial charge in [0.15, 0.2) is 0 Å². The van der Waals surface area contributed by atoms with Crippen molar-refractivity contribution in [1.82, 2.24) is 15.1 Å². The summed E-state index contributed by atoms with van der Waals surface area (Å²) >= 11 is 0. The van der Waals surface area contributed by atoms with Gasteiger partial charge in [-0.2, -0.15) is 0 Å². The van der Waals surface area contributed by atoms with Gasteiger partial charge in [0.1, 0.15) is 0 Å². The molecule has 0 radical (unpaired) electrons. The van der Waals surface area contributed by atoms with Crippen molar-refractivity contribution >= 4 is 0 Å². The molecule has 0 bridgehead atoms. The average Bonchev–Trinajstić information content (AvgIpc) is 3.26. The summed E-state index contributed by atoms with van der Waals surface area (Å²) in [5.41, 5.74) is 0.448. The van der Waals surface area contributed by atoms with E-state index in [1.165, 1.54) is 64.8 Å². The first-order chi connectivity index (χ1) is 10.1. The third kappa shape index (κ3) is 3.80. The van der Waals surface area contributed by atoms with Crippen LogP contribution in [0.3, 0.4) is 0 Å². The second kappa shape index (κ2) is 6.55. The molecule has 1 saturated heterocycles. The molecular weight excluding hydrogens is 258 g/mol. The lowest BCUT2D eigenvalue weighted by Crippen LogP contribution is -2.62. The Morgan fingerprint density at radius 3 is 2.38 bits per heavy atom. The number of nitrogens with zero attached hydrogens (tertiary/aromatic N) is 2. The molecule has 1 N–H and O–H groups in total. The van der Waals surface area contributed by atoms with E-state index in [-0.39, 0.29) is 0 Å². The van der Waals surface area contributed by atoms with Gasteiger partial charge in [-0.15, -0.1) is 0 Å². The molecule has 3 heteroatoms. The Labute approximate surface area is 131 Å². The van der Waals surface area contributed by atoms with Crippen LogP contribution in [0.4, 0.5) is 0 Å². The van der Waals surface area contributed by atoms with E-state index in [9.17, 15) is 0 Å². The maximum absolute atomic E-state index is 3.82. The fourth-order valence-corrected chi connectivity index (χ4v) is 4.58. The monoisotopic (exact) mass is 293 g/mol. The largest absolute Gasteiger partial charge is 0.312 e. The summed E-state index contributed by atoms with van der Waals surface area (Å²) in [7, 11) is 0. The zero-order chi connectivity index (χ0) is 14.9. The fourth-order valence-electron chi connectivity index (χ4n) is 4.58. The summed E-state index contributed by atoms with van der Waals surface area (Å²) in [4.78, 5) is 5.52. The first-order valence-electron chi connectivity index (χ1n) is 9.30. The van der Waals surface area contributed by atoms with Crippen LogP contribution in [0, 0.1) is 11.3 Å². The molecule has 21 heavy (non-hydrogen) atoms. The smallest absolute Gasteiger partial charge is 0.0274 e. The summed E-state index contributed by atoms with van der Waals surface area (Å²) in [6.45, 7) is 14.8. The highest BCUT2D eigenvalue weighted by Crippen LogP contribution is 2.38. The summed E-state index contributed by atoms with van der Waals surface area (Å²) in [5.74, 6) is 1.04. The number of piperazine rings is 1. The Balaban J connectivity index is 1.56. The van der Waals surface area contributed by atoms with E-state index in [0.717, 1.165) is 18.5 Å².